The van der Waals surface area contributed by atoms with Gasteiger partial charge in [-0.05, 0) is 39.2 Å². The van der Waals surface area contributed by atoms with Crippen LogP contribution < -0.4 is 10.1 Å². The predicted octanol–water partition coefficient (Wildman–Crippen LogP) is 4.22. The number of aliphatic carboxylic acids is 1. The predicted molar refractivity (Wildman–Crippen MR) is 89.3 cm³/mol. The molecule has 0 spiro atoms. The molecule has 1 saturated carbocycles. The van der Waals surface area contributed by atoms with Crippen LogP contribution >= 0.6 is 23.2 Å². The van der Waals surface area contributed by atoms with E-state index in [4.69, 9.17) is 33.0 Å². The largest absolute Gasteiger partial charge is 0.489 e. The molecule has 0 saturated heterocycles. The van der Waals surface area contributed by atoms with Crippen LogP contribution in [0.25, 0.3) is 0 Å². The molecule has 126 valence electrons. The number of carboxylic acids is 1. The maximum Gasteiger partial charge on any atom is 0.306 e. The number of carbonyl (C=O) groups excluding carboxylic acids is 1. The number of hydrogen-bond donors (Lipinski definition) is 2. The second-order valence-corrected chi connectivity index (χ2v) is 6.78. The lowest BCUT2D eigenvalue weighted by molar-refractivity contribution is -0.141. The summed E-state index contributed by atoms with van der Waals surface area (Å²) in [7, 11) is 0. The molecule has 1 aromatic rings. The molecule has 0 heterocycles. The van der Waals surface area contributed by atoms with Gasteiger partial charge in [0.1, 0.15) is 5.75 Å². The van der Waals surface area contributed by atoms with Crippen molar-refractivity contribution in [3.63, 3.8) is 0 Å². The van der Waals surface area contributed by atoms with Crippen LogP contribution in [0.15, 0.2) is 12.1 Å². The maximum atomic E-state index is 12.3. The summed E-state index contributed by atoms with van der Waals surface area (Å²) in [5.74, 6) is -1.41. The minimum atomic E-state index is -0.850. The molecule has 2 atom stereocenters. The molecular weight excluding hydrogens is 341 g/mol. The molecule has 1 aliphatic carbocycles. The zero-order valence-electron chi connectivity index (χ0n) is 12.9. The Morgan fingerprint density at radius 2 is 1.87 bits per heavy atom. The highest BCUT2D eigenvalue weighted by atomic mass is 35.5. The molecule has 1 aromatic carbocycles. The van der Waals surface area contributed by atoms with Crippen LogP contribution in [0.3, 0.4) is 0 Å². The highest BCUT2D eigenvalue weighted by Crippen LogP contribution is 2.36. The quantitative estimate of drug-likeness (QED) is 0.824. The van der Waals surface area contributed by atoms with Gasteiger partial charge in [-0.15, -0.1) is 0 Å². The number of nitrogens with one attached hydrogen (secondary N) is 1. The van der Waals surface area contributed by atoms with Crippen molar-refractivity contribution in [2.45, 2.75) is 39.2 Å². The first-order chi connectivity index (χ1) is 10.8. The molecule has 7 heteroatoms. The first-order valence-electron chi connectivity index (χ1n) is 7.47. The first kappa shape index (κ1) is 17.9. The van der Waals surface area contributed by atoms with Crippen LogP contribution in [0.5, 0.6) is 5.75 Å². The van der Waals surface area contributed by atoms with Gasteiger partial charge >= 0.3 is 5.97 Å². The van der Waals surface area contributed by atoms with Gasteiger partial charge in [0.25, 0.3) is 0 Å². The summed E-state index contributed by atoms with van der Waals surface area (Å²) in [4.78, 5) is 23.3. The van der Waals surface area contributed by atoms with E-state index < -0.39 is 11.9 Å². The summed E-state index contributed by atoms with van der Waals surface area (Å²) >= 11 is 12.2. The van der Waals surface area contributed by atoms with Gasteiger partial charge in [0.15, 0.2) is 0 Å². The third kappa shape index (κ3) is 4.52. The second-order valence-electron chi connectivity index (χ2n) is 5.96. The van der Waals surface area contributed by atoms with Crippen molar-refractivity contribution in [2.75, 3.05) is 5.32 Å². The van der Waals surface area contributed by atoms with E-state index in [1.54, 1.807) is 6.07 Å². The van der Waals surface area contributed by atoms with E-state index in [1.165, 1.54) is 6.07 Å². The monoisotopic (exact) mass is 359 g/mol. The molecule has 23 heavy (non-hydrogen) atoms. The lowest BCUT2D eigenvalue weighted by Gasteiger charge is -2.16. The standard InChI is InChI=1S/C16H19Cl2NO4/c1-8(2)23-14-7-13(11(17)6-12(14)18)19-15(20)9-3-4-10(5-9)16(21)22/h6-10H,3-5H2,1-2H3,(H,19,20)(H,21,22). The van der Waals surface area contributed by atoms with Crippen molar-refractivity contribution in [1.82, 2.24) is 0 Å². The van der Waals surface area contributed by atoms with Gasteiger partial charge in [0, 0.05) is 12.0 Å². The smallest absolute Gasteiger partial charge is 0.306 e. The van der Waals surface area contributed by atoms with Gasteiger partial charge in [0.05, 0.1) is 27.8 Å². The number of halogens is 2. The normalized spacial score (nSPS) is 20.6. The number of ether oxygens (including phenoxy) is 1. The summed E-state index contributed by atoms with van der Waals surface area (Å²) in [6.07, 6.45) is 1.36. The fraction of sp³-hybridized carbons (Fsp3) is 0.500. The molecule has 0 aromatic heterocycles. The number of benzene rings is 1. The fourth-order valence-corrected chi connectivity index (χ4v) is 3.12. The van der Waals surface area contributed by atoms with Crippen molar-refractivity contribution in [3.05, 3.63) is 22.2 Å². The molecule has 2 unspecified atom stereocenters. The van der Waals surface area contributed by atoms with Gasteiger partial charge in [0.2, 0.25) is 5.91 Å². The van der Waals surface area contributed by atoms with E-state index in [1.807, 2.05) is 13.8 Å². The molecule has 5 nitrogen and oxygen atoms in total. The number of hydrogen-bond acceptors (Lipinski definition) is 3. The topological polar surface area (TPSA) is 75.6 Å². The van der Waals surface area contributed by atoms with Crippen LogP contribution in [0.2, 0.25) is 10.0 Å². The van der Waals surface area contributed by atoms with Gasteiger partial charge in [-0.25, -0.2) is 0 Å². The lowest BCUT2D eigenvalue weighted by atomic mass is 10.0. The van der Waals surface area contributed by atoms with E-state index in [0.717, 1.165) is 0 Å². The van der Waals surface area contributed by atoms with Crippen molar-refractivity contribution in [3.8, 4) is 5.75 Å². The van der Waals surface area contributed by atoms with E-state index in [9.17, 15) is 9.59 Å². The van der Waals surface area contributed by atoms with Gasteiger partial charge in [-0.3, -0.25) is 9.59 Å². The van der Waals surface area contributed by atoms with Gasteiger partial charge in [-0.2, -0.15) is 0 Å². The Kier molecular flexibility index (Phi) is 5.76. The molecule has 0 aliphatic heterocycles. The summed E-state index contributed by atoms with van der Waals surface area (Å²) in [6, 6.07) is 3.11. The van der Waals surface area contributed by atoms with Crippen molar-refractivity contribution < 1.29 is 19.4 Å². The lowest BCUT2D eigenvalue weighted by Crippen LogP contribution is -2.22. The molecule has 0 bridgehead atoms. The third-order valence-electron chi connectivity index (χ3n) is 3.79. The van der Waals surface area contributed by atoms with E-state index in [2.05, 4.69) is 5.32 Å². The van der Waals surface area contributed by atoms with Crippen molar-refractivity contribution in [2.24, 2.45) is 11.8 Å². The fourth-order valence-electron chi connectivity index (χ4n) is 2.65. The molecule has 1 fully saturated rings. The number of rotatable bonds is 5. The Hall–Kier alpha value is -1.46. The molecule has 2 N–H and O–H groups in total. The van der Waals surface area contributed by atoms with Crippen LogP contribution in [-0.4, -0.2) is 23.1 Å². The van der Waals surface area contributed by atoms with Crippen LogP contribution in [-0.2, 0) is 9.59 Å². The summed E-state index contributed by atoms with van der Waals surface area (Å²) in [6.45, 7) is 3.74. The highest BCUT2D eigenvalue weighted by molar-refractivity contribution is 6.37. The highest BCUT2D eigenvalue weighted by Gasteiger charge is 2.34. The third-order valence-corrected chi connectivity index (χ3v) is 4.40. The van der Waals surface area contributed by atoms with E-state index in [0.29, 0.717) is 40.7 Å². The van der Waals surface area contributed by atoms with E-state index in [-0.39, 0.29) is 17.9 Å². The summed E-state index contributed by atoms with van der Waals surface area (Å²) < 4.78 is 5.58. The molecule has 1 amide bonds. The van der Waals surface area contributed by atoms with Crippen molar-refractivity contribution >= 4 is 40.8 Å². The Labute approximate surface area is 144 Å². The SMILES string of the molecule is CC(C)Oc1cc(NC(=O)C2CCC(C(=O)O)C2)c(Cl)cc1Cl. The van der Waals surface area contributed by atoms with Crippen molar-refractivity contribution in [1.29, 1.82) is 0 Å². The van der Waals surface area contributed by atoms with Gasteiger partial charge < -0.3 is 15.2 Å². The Morgan fingerprint density at radius 1 is 1.22 bits per heavy atom. The zero-order valence-corrected chi connectivity index (χ0v) is 14.4. The average molecular weight is 360 g/mol. The number of anilines is 1. The minimum absolute atomic E-state index is 0.0663. The maximum absolute atomic E-state index is 12.3. The molecule has 1 aliphatic rings. The van der Waals surface area contributed by atoms with Crippen LogP contribution in [0.4, 0.5) is 5.69 Å². The molecule has 2 rings (SSSR count). The molecular formula is C16H19Cl2NO4. The van der Waals surface area contributed by atoms with Gasteiger partial charge in [-0.1, -0.05) is 23.2 Å². The Morgan fingerprint density at radius 3 is 2.43 bits per heavy atom. The second kappa shape index (κ2) is 7.41. The number of carbonyl (C=O) groups is 2. The summed E-state index contributed by atoms with van der Waals surface area (Å²) in [5, 5.41) is 12.4. The van der Waals surface area contributed by atoms with E-state index >= 15 is 0 Å². The zero-order chi connectivity index (χ0) is 17.1. The number of amides is 1. The minimum Gasteiger partial charge on any atom is -0.489 e. The van der Waals surface area contributed by atoms with Crippen LogP contribution in [0.1, 0.15) is 33.1 Å². The van der Waals surface area contributed by atoms with Crippen LogP contribution in [0, 0.1) is 11.8 Å². The Balaban J connectivity index is 2.10. The summed E-state index contributed by atoms with van der Waals surface area (Å²) in [5.41, 5.74) is 0.412. The number of carboxylic acid groups (broad SMARTS) is 1. The molecule has 0 radical (unpaired) electrons. The average Bonchev–Trinajstić information content (AvgIpc) is 2.93. The Bertz CT molecular complexity index is 618. The first-order valence-corrected chi connectivity index (χ1v) is 8.23.